The molecule has 0 radical (unpaired) electrons. The van der Waals surface area contributed by atoms with Crippen molar-refractivity contribution in [3.8, 4) is 11.5 Å². The molecule has 2 aromatic carbocycles. The van der Waals surface area contributed by atoms with Crippen molar-refractivity contribution in [2.75, 3.05) is 40.5 Å². The maximum Gasteiger partial charge on any atom is 0.164 e. The first-order chi connectivity index (χ1) is 12.7. The molecule has 1 fully saturated rings. The highest BCUT2D eigenvalue weighted by molar-refractivity contribution is 5.85. The van der Waals surface area contributed by atoms with Crippen molar-refractivity contribution in [3.05, 3.63) is 59.7 Å². The van der Waals surface area contributed by atoms with Crippen LogP contribution in [0.5, 0.6) is 11.5 Å². The fraction of sp³-hybridized carbons (Fsp3) is 0.429. The third kappa shape index (κ3) is 4.91. The molecule has 1 N–H and O–H groups in total. The molecule has 7 heteroatoms. The molecule has 0 aromatic heterocycles. The van der Waals surface area contributed by atoms with Crippen molar-refractivity contribution in [1.29, 1.82) is 0 Å². The van der Waals surface area contributed by atoms with E-state index in [1.165, 1.54) is 0 Å². The third-order valence-corrected chi connectivity index (χ3v) is 4.96. The van der Waals surface area contributed by atoms with Crippen LogP contribution in [0.2, 0.25) is 0 Å². The van der Waals surface area contributed by atoms with Crippen LogP contribution in [0.25, 0.3) is 0 Å². The van der Waals surface area contributed by atoms with Crippen LogP contribution in [0.1, 0.15) is 18.1 Å². The summed E-state index contributed by atoms with van der Waals surface area (Å²) in [5.74, 6) is 1.74. The first-order valence-corrected chi connectivity index (χ1v) is 9.10. The Hall–Kier alpha value is -1.50. The maximum absolute atomic E-state index is 6.44. The molecule has 0 saturated carbocycles. The lowest BCUT2D eigenvalue weighted by Crippen LogP contribution is -2.58. The molecule has 1 aliphatic rings. The lowest BCUT2D eigenvalue weighted by atomic mass is 9.97. The van der Waals surface area contributed by atoms with Gasteiger partial charge in [-0.25, -0.2) is 0 Å². The van der Waals surface area contributed by atoms with Gasteiger partial charge in [-0.05, 0) is 18.7 Å². The lowest BCUT2D eigenvalue weighted by Gasteiger charge is -2.46. The van der Waals surface area contributed by atoms with Gasteiger partial charge in [-0.1, -0.05) is 43.3 Å². The predicted molar refractivity (Wildman–Crippen MR) is 117 cm³/mol. The van der Waals surface area contributed by atoms with Crippen molar-refractivity contribution < 1.29 is 14.2 Å². The number of nitrogens with zero attached hydrogens (tertiary/aromatic N) is 1. The largest absolute Gasteiger partial charge is 0.496 e. The zero-order valence-corrected chi connectivity index (χ0v) is 18.3. The van der Waals surface area contributed by atoms with Crippen molar-refractivity contribution in [1.82, 2.24) is 10.2 Å². The smallest absolute Gasteiger partial charge is 0.164 e. The van der Waals surface area contributed by atoms with Gasteiger partial charge in [-0.15, -0.1) is 24.8 Å². The number of ether oxygens (including phenoxy) is 3. The second-order valence-corrected chi connectivity index (χ2v) is 6.34. The van der Waals surface area contributed by atoms with Gasteiger partial charge in [-0.3, -0.25) is 4.90 Å². The molecule has 1 aliphatic heterocycles. The molecule has 28 heavy (non-hydrogen) atoms. The molecular weight excluding hydrogens is 399 g/mol. The number of morpholine rings is 1. The average molecular weight is 429 g/mol. The van der Waals surface area contributed by atoms with Crippen LogP contribution >= 0.6 is 24.8 Å². The molecule has 5 nitrogen and oxygen atoms in total. The predicted octanol–water partition coefficient (Wildman–Crippen LogP) is 3.84. The average Bonchev–Trinajstić information content (AvgIpc) is 2.72. The molecule has 1 heterocycles. The normalized spacial score (nSPS) is 18.7. The van der Waals surface area contributed by atoms with E-state index in [0.29, 0.717) is 13.2 Å². The number of methoxy groups -OCH3 is 2. The molecular formula is C21H30Cl2N2O3. The SMILES string of the molecule is CCN(Cc1ccccc1OC)C1(c2ccccc2OC)CNCCO1.Cl.Cl. The third-order valence-electron chi connectivity index (χ3n) is 4.96. The van der Waals surface area contributed by atoms with E-state index in [4.69, 9.17) is 14.2 Å². The minimum atomic E-state index is -0.583. The number of nitrogens with one attached hydrogen (secondary N) is 1. The molecule has 2 aromatic rings. The summed E-state index contributed by atoms with van der Waals surface area (Å²) >= 11 is 0. The Labute approximate surface area is 180 Å². The van der Waals surface area contributed by atoms with E-state index >= 15 is 0 Å². The molecule has 0 amide bonds. The van der Waals surface area contributed by atoms with Crippen LogP contribution in [-0.4, -0.2) is 45.4 Å². The van der Waals surface area contributed by atoms with Crippen LogP contribution in [-0.2, 0) is 17.0 Å². The quantitative estimate of drug-likeness (QED) is 0.725. The molecule has 0 bridgehead atoms. The molecule has 3 rings (SSSR count). The number of hydrogen-bond donors (Lipinski definition) is 1. The summed E-state index contributed by atoms with van der Waals surface area (Å²) in [5.41, 5.74) is 1.60. The van der Waals surface area contributed by atoms with E-state index in [1.807, 2.05) is 36.4 Å². The van der Waals surface area contributed by atoms with Crippen LogP contribution in [0.3, 0.4) is 0 Å². The van der Waals surface area contributed by atoms with Crippen LogP contribution < -0.4 is 14.8 Å². The minimum Gasteiger partial charge on any atom is -0.496 e. The molecule has 156 valence electrons. The fourth-order valence-corrected chi connectivity index (χ4v) is 3.65. The van der Waals surface area contributed by atoms with Gasteiger partial charge >= 0.3 is 0 Å². The fourth-order valence-electron chi connectivity index (χ4n) is 3.65. The minimum absolute atomic E-state index is 0. The van der Waals surface area contributed by atoms with Gasteiger partial charge < -0.3 is 19.5 Å². The number of halogens is 2. The van der Waals surface area contributed by atoms with Crippen molar-refractivity contribution in [3.63, 3.8) is 0 Å². The number of benzene rings is 2. The topological polar surface area (TPSA) is 43.0 Å². The summed E-state index contributed by atoms with van der Waals surface area (Å²) in [6, 6.07) is 16.3. The van der Waals surface area contributed by atoms with Gasteiger partial charge in [0.25, 0.3) is 0 Å². The highest BCUT2D eigenvalue weighted by Gasteiger charge is 2.42. The summed E-state index contributed by atoms with van der Waals surface area (Å²) in [6.07, 6.45) is 0. The Kier molecular flexibility index (Phi) is 10.1. The standard InChI is InChI=1S/C21H28N2O3.2ClH/c1-4-23(15-17-9-5-7-11-19(17)24-2)21(16-22-13-14-26-21)18-10-6-8-12-20(18)25-3;;/h5-12,22H,4,13-16H2,1-3H3;2*1H. The Morgan fingerprint density at radius 3 is 2.25 bits per heavy atom. The van der Waals surface area contributed by atoms with Gasteiger partial charge in [0.05, 0.1) is 20.8 Å². The van der Waals surface area contributed by atoms with E-state index in [9.17, 15) is 0 Å². The van der Waals surface area contributed by atoms with Gasteiger partial charge in [0.1, 0.15) is 11.5 Å². The summed E-state index contributed by atoms with van der Waals surface area (Å²) in [5, 5.41) is 3.50. The van der Waals surface area contributed by atoms with E-state index in [-0.39, 0.29) is 24.8 Å². The number of rotatable bonds is 7. The second-order valence-electron chi connectivity index (χ2n) is 6.34. The number of likely N-dealkylation sites (N-methyl/N-ethyl adjacent to an activating group) is 1. The first kappa shape index (κ1) is 24.5. The lowest BCUT2D eigenvalue weighted by molar-refractivity contribution is -0.181. The summed E-state index contributed by atoms with van der Waals surface area (Å²) < 4.78 is 17.6. The van der Waals surface area contributed by atoms with Gasteiger partial charge in [0.2, 0.25) is 0 Å². The molecule has 1 unspecified atom stereocenters. The van der Waals surface area contributed by atoms with Crippen molar-refractivity contribution in [2.24, 2.45) is 0 Å². The zero-order valence-electron chi connectivity index (χ0n) is 16.6. The van der Waals surface area contributed by atoms with Crippen LogP contribution in [0.15, 0.2) is 48.5 Å². The number of hydrogen-bond acceptors (Lipinski definition) is 5. The Balaban J connectivity index is 0.00000196. The Morgan fingerprint density at radius 1 is 1.00 bits per heavy atom. The summed E-state index contributed by atoms with van der Waals surface area (Å²) in [7, 11) is 3.42. The Bertz CT molecular complexity index is 724. The van der Waals surface area contributed by atoms with Gasteiger partial charge in [-0.2, -0.15) is 0 Å². The van der Waals surface area contributed by atoms with Crippen LogP contribution in [0, 0.1) is 0 Å². The molecule has 1 atom stereocenters. The van der Waals surface area contributed by atoms with E-state index in [1.54, 1.807) is 14.2 Å². The Morgan fingerprint density at radius 2 is 1.64 bits per heavy atom. The second kappa shape index (κ2) is 11.5. The summed E-state index contributed by atoms with van der Waals surface area (Å²) in [6.45, 7) is 5.92. The number of para-hydroxylation sites is 2. The summed E-state index contributed by atoms with van der Waals surface area (Å²) in [4.78, 5) is 2.34. The molecule has 1 saturated heterocycles. The van der Waals surface area contributed by atoms with Gasteiger partial charge in [0.15, 0.2) is 5.72 Å². The molecule has 0 aliphatic carbocycles. The molecule has 0 spiro atoms. The zero-order chi connectivity index (χ0) is 18.4. The van der Waals surface area contributed by atoms with E-state index in [0.717, 1.165) is 42.3 Å². The van der Waals surface area contributed by atoms with Crippen molar-refractivity contribution in [2.45, 2.75) is 19.2 Å². The highest BCUT2D eigenvalue weighted by Crippen LogP contribution is 2.38. The van der Waals surface area contributed by atoms with Crippen molar-refractivity contribution >= 4 is 24.8 Å². The van der Waals surface area contributed by atoms with E-state index < -0.39 is 5.72 Å². The van der Waals surface area contributed by atoms with Gasteiger partial charge in [0, 0.05) is 30.8 Å². The van der Waals surface area contributed by atoms with E-state index in [2.05, 4.69) is 29.3 Å². The monoisotopic (exact) mass is 428 g/mol. The maximum atomic E-state index is 6.44. The highest BCUT2D eigenvalue weighted by atomic mass is 35.5. The van der Waals surface area contributed by atoms with Crippen LogP contribution in [0.4, 0.5) is 0 Å². The first-order valence-electron chi connectivity index (χ1n) is 9.10.